The number of hydrogen-bond donors (Lipinski definition) is 2. The summed E-state index contributed by atoms with van der Waals surface area (Å²) in [7, 11) is 1.74. The van der Waals surface area contributed by atoms with Crippen molar-refractivity contribution < 1.29 is 0 Å². The van der Waals surface area contributed by atoms with Gasteiger partial charge in [-0.2, -0.15) is 0 Å². The summed E-state index contributed by atoms with van der Waals surface area (Å²) in [4.78, 5) is 31.2. The number of aryl methyl sites for hydroxylation is 4. The van der Waals surface area contributed by atoms with Gasteiger partial charge in [0.05, 0.1) is 0 Å². The first-order valence-corrected chi connectivity index (χ1v) is 7.60. The molecule has 0 aromatic carbocycles. The molecular weight excluding hydrogens is 318 g/mol. The summed E-state index contributed by atoms with van der Waals surface area (Å²) in [5, 5.41) is 0. The van der Waals surface area contributed by atoms with E-state index in [1.807, 2.05) is 26.8 Å². The van der Waals surface area contributed by atoms with Crippen molar-refractivity contribution in [2.45, 2.75) is 20.8 Å². The van der Waals surface area contributed by atoms with Gasteiger partial charge < -0.3 is 15.3 Å². The lowest BCUT2D eigenvalue weighted by atomic mass is 10.3. The van der Waals surface area contributed by atoms with Gasteiger partial charge in [-0.15, -0.1) is 0 Å². The fourth-order valence-electron chi connectivity index (χ4n) is 1.54. The molecule has 3 aromatic rings. The van der Waals surface area contributed by atoms with Gasteiger partial charge >= 0.3 is 0 Å². The van der Waals surface area contributed by atoms with Crippen molar-refractivity contribution in [2.24, 2.45) is 7.05 Å². The van der Waals surface area contributed by atoms with Gasteiger partial charge in [0.15, 0.2) is 0 Å². The zero-order chi connectivity index (χ0) is 18.8. The first-order chi connectivity index (χ1) is 11.8. The Balaban J connectivity index is 0.000000188. The molecule has 0 aliphatic carbocycles. The molecule has 7 heteroatoms. The summed E-state index contributed by atoms with van der Waals surface area (Å²) >= 11 is 0. The number of pyridine rings is 2. The lowest BCUT2D eigenvalue weighted by Gasteiger charge is -1.94. The largest absolute Gasteiger partial charge is 0.368 e. The van der Waals surface area contributed by atoms with Crippen molar-refractivity contribution >= 4 is 5.95 Å². The van der Waals surface area contributed by atoms with Gasteiger partial charge in [-0.1, -0.05) is 6.07 Å². The number of nitrogen functional groups attached to an aromatic ring is 1. The van der Waals surface area contributed by atoms with Gasteiger partial charge in [0.2, 0.25) is 11.5 Å². The van der Waals surface area contributed by atoms with Crippen LogP contribution in [-0.2, 0) is 7.05 Å². The van der Waals surface area contributed by atoms with Crippen LogP contribution < -0.4 is 16.9 Å². The molecule has 0 unspecified atom stereocenters. The van der Waals surface area contributed by atoms with Crippen LogP contribution in [0.3, 0.4) is 0 Å². The van der Waals surface area contributed by atoms with E-state index in [9.17, 15) is 9.59 Å². The Morgan fingerprint density at radius 3 is 2.00 bits per heavy atom. The van der Waals surface area contributed by atoms with Crippen LogP contribution in [0.1, 0.15) is 16.7 Å². The van der Waals surface area contributed by atoms with E-state index in [2.05, 4.69) is 15.0 Å². The van der Waals surface area contributed by atoms with Crippen LogP contribution in [0.4, 0.5) is 5.95 Å². The number of hydrogen-bond acceptors (Lipinski definition) is 5. The topological polar surface area (TPSA) is 107 Å². The third kappa shape index (κ3) is 8.26. The second kappa shape index (κ2) is 9.82. The number of nitrogens with two attached hydrogens (primary N) is 1. The van der Waals surface area contributed by atoms with Gasteiger partial charge in [-0.25, -0.2) is 9.97 Å². The lowest BCUT2D eigenvalue weighted by molar-refractivity contribution is 0.856. The third-order valence-electron chi connectivity index (χ3n) is 3.00. The number of nitrogens with one attached hydrogen (secondary N) is 1. The molecule has 3 rings (SSSR count). The highest BCUT2D eigenvalue weighted by molar-refractivity contribution is 5.15. The van der Waals surface area contributed by atoms with E-state index in [-0.39, 0.29) is 11.1 Å². The van der Waals surface area contributed by atoms with Gasteiger partial charge in [-0.05, 0) is 43.5 Å². The normalized spacial score (nSPS) is 9.28. The van der Waals surface area contributed by atoms with E-state index >= 15 is 0 Å². The summed E-state index contributed by atoms with van der Waals surface area (Å²) in [6.07, 6.45) is 6.81. The smallest absolute Gasteiger partial charge is 0.250 e. The molecule has 0 fully saturated rings. The van der Waals surface area contributed by atoms with Crippen molar-refractivity contribution in [3.05, 3.63) is 86.5 Å². The molecule has 0 aliphatic heterocycles. The summed E-state index contributed by atoms with van der Waals surface area (Å²) < 4.78 is 1.55. The molecule has 0 amide bonds. The Morgan fingerprint density at radius 1 is 0.960 bits per heavy atom. The van der Waals surface area contributed by atoms with E-state index < -0.39 is 0 Å². The molecule has 0 spiro atoms. The molecule has 0 saturated carbocycles. The molecule has 0 radical (unpaired) electrons. The molecule has 3 heterocycles. The number of rotatable bonds is 0. The van der Waals surface area contributed by atoms with Gasteiger partial charge in [0.25, 0.3) is 5.56 Å². The third-order valence-corrected chi connectivity index (χ3v) is 3.00. The Morgan fingerprint density at radius 2 is 1.60 bits per heavy atom. The quantitative estimate of drug-likeness (QED) is 0.648. The minimum atomic E-state index is -0.0457. The summed E-state index contributed by atoms with van der Waals surface area (Å²) in [5.74, 6) is 0.329. The van der Waals surface area contributed by atoms with Crippen LogP contribution >= 0.6 is 0 Å². The highest BCUT2D eigenvalue weighted by Crippen LogP contribution is 1.91. The van der Waals surface area contributed by atoms with Crippen molar-refractivity contribution in [1.29, 1.82) is 0 Å². The number of nitrogens with zero attached hydrogens (tertiary/aromatic N) is 3. The highest BCUT2D eigenvalue weighted by Gasteiger charge is 1.86. The summed E-state index contributed by atoms with van der Waals surface area (Å²) in [6.45, 7) is 5.75. The zero-order valence-corrected chi connectivity index (χ0v) is 14.9. The Hall–Kier alpha value is -3.22. The van der Waals surface area contributed by atoms with Crippen molar-refractivity contribution in [1.82, 2.24) is 19.5 Å². The molecule has 0 bridgehead atoms. The highest BCUT2D eigenvalue weighted by atomic mass is 16.1. The molecule has 25 heavy (non-hydrogen) atoms. The fourth-order valence-corrected chi connectivity index (χ4v) is 1.54. The average Bonchev–Trinajstić information content (AvgIpc) is 2.58. The maximum absolute atomic E-state index is 10.8. The van der Waals surface area contributed by atoms with E-state index in [0.29, 0.717) is 5.95 Å². The number of aromatic nitrogens is 4. The SMILES string of the molecule is Cc1ccc(=O)[nH]c1.Cc1ccn(C)c(=O)c1.Cc1cnc(N)nc1. The monoisotopic (exact) mass is 341 g/mol. The van der Waals surface area contributed by atoms with Gasteiger partial charge in [0, 0.05) is 44.0 Å². The summed E-state index contributed by atoms with van der Waals surface area (Å²) in [5.41, 5.74) is 8.32. The maximum Gasteiger partial charge on any atom is 0.250 e. The van der Waals surface area contributed by atoms with E-state index in [0.717, 1.165) is 16.7 Å². The molecule has 132 valence electrons. The first-order valence-electron chi connectivity index (χ1n) is 7.60. The minimum Gasteiger partial charge on any atom is -0.368 e. The summed E-state index contributed by atoms with van der Waals surface area (Å²) in [6, 6.07) is 6.80. The second-order valence-electron chi connectivity index (χ2n) is 5.50. The maximum atomic E-state index is 10.8. The minimum absolute atomic E-state index is 0.0457. The van der Waals surface area contributed by atoms with E-state index in [4.69, 9.17) is 5.73 Å². The Labute approximate surface area is 146 Å². The Kier molecular flexibility index (Phi) is 7.78. The Bertz CT molecular complexity index is 857. The predicted octanol–water partition coefficient (Wildman–Crippen LogP) is 1.74. The van der Waals surface area contributed by atoms with Crippen LogP contribution in [0.2, 0.25) is 0 Å². The van der Waals surface area contributed by atoms with E-state index in [1.54, 1.807) is 48.5 Å². The molecule has 0 aliphatic rings. The van der Waals surface area contributed by atoms with E-state index in [1.165, 1.54) is 6.07 Å². The van der Waals surface area contributed by atoms with Crippen LogP contribution in [0, 0.1) is 20.8 Å². The van der Waals surface area contributed by atoms with Gasteiger partial charge in [0.1, 0.15) is 0 Å². The predicted molar refractivity (Wildman–Crippen MR) is 99.4 cm³/mol. The standard InChI is InChI=1S/C7H9NO.C6H7NO.C5H7N3/c1-6-3-4-8(2)7(9)5-6;1-5-2-3-6(8)7-4-5;1-4-2-7-5(6)8-3-4/h3-5H,1-2H3;2-4H,1H3,(H,7,8);2-3H,1H3,(H2,6,7,8). The number of H-pyrrole nitrogens is 1. The molecule has 3 aromatic heterocycles. The van der Waals surface area contributed by atoms with Crippen LogP contribution in [0.25, 0.3) is 0 Å². The molecule has 7 nitrogen and oxygen atoms in total. The van der Waals surface area contributed by atoms with Crippen LogP contribution in [0.15, 0.2) is 58.6 Å². The molecular formula is C18H23N5O2. The lowest BCUT2D eigenvalue weighted by Crippen LogP contribution is -2.13. The first kappa shape index (κ1) is 19.8. The van der Waals surface area contributed by atoms with Crippen molar-refractivity contribution in [2.75, 3.05) is 5.73 Å². The van der Waals surface area contributed by atoms with Crippen molar-refractivity contribution in [3.8, 4) is 0 Å². The number of anilines is 1. The zero-order valence-electron chi connectivity index (χ0n) is 14.9. The molecule has 0 atom stereocenters. The van der Waals surface area contributed by atoms with Crippen molar-refractivity contribution in [3.63, 3.8) is 0 Å². The molecule has 3 N–H and O–H groups in total. The van der Waals surface area contributed by atoms with Gasteiger partial charge in [-0.3, -0.25) is 9.59 Å². The average molecular weight is 341 g/mol. The fraction of sp³-hybridized carbons (Fsp3) is 0.222. The van der Waals surface area contributed by atoms with Crippen LogP contribution in [-0.4, -0.2) is 19.5 Å². The number of aromatic amines is 1. The van der Waals surface area contributed by atoms with Crippen LogP contribution in [0.5, 0.6) is 0 Å². The molecule has 0 saturated heterocycles. The second-order valence-corrected chi connectivity index (χ2v) is 5.50.